The number of rotatable bonds is 4. The molecule has 5 aliphatic rings. The number of halogens is 1. The molecule has 6 atom stereocenters. The van der Waals surface area contributed by atoms with Gasteiger partial charge in [0.1, 0.15) is 6.61 Å². The fourth-order valence-electron chi connectivity index (χ4n) is 9.22. The molecule has 6 unspecified atom stereocenters. The minimum absolute atomic E-state index is 0.0326. The van der Waals surface area contributed by atoms with Crippen LogP contribution in [0.1, 0.15) is 110 Å². The first-order chi connectivity index (χ1) is 19.8. The first kappa shape index (κ1) is 30.1. The van der Waals surface area contributed by atoms with Gasteiger partial charge in [0.25, 0.3) is 0 Å². The number of carbonyl (C=O) groups excluding carboxylic acids is 1. The number of carbonyl (C=O) groups is 1. The van der Waals surface area contributed by atoms with Crippen molar-refractivity contribution in [3.05, 3.63) is 46.5 Å². The predicted molar refractivity (Wildman–Crippen MR) is 163 cm³/mol. The van der Waals surface area contributed by atoms with Crippen molar-refractivity contribution in [2.75, 3.05) is 19.9 Å². The van der Waals surface area contributed by atoms with E-state index >= 15 is 0 Å². The van der Waals surface area contributed by atoms with Crippen LogP contribution in [0.25, 0.3) is 0 Å². The molecule has 1 aromatic rings. The van der Waals surface area contributed by atoms with E-state index in [4.69, 9.17) is 14.2 Å². The van der Waals surface area contributed by atoms with Crippen molar-refractivity contribution in [3.8, 4) is 0 Å². The number of allylic oxidation sites excluding steroid dienone is 2. The molecule has 0 bridgehead atoms. The van der Waals surface area contributed by atoms with E-state index in [1.807, 2.05) is 20.8 Å². The molecule has 6 rings (SSSR count). The largest absolute Gasteiger partial charge is 0.445 e. The van der Waals surface area contributed by atoms with Crippen LogP contribution in [0, 0.1) is 34.5 Å². The van der Waals surface area contributed by atoms with E-state index in [9.17, 15) is 9.18 Å². The van der Waals surface area contributed by atoms with E-state index in [1.54, 1.807) is 11.1 Å². The highest BCUT2D eigenvalue weighted by atomic mass is 19.1. The number of alkyl carbamates (subject to hydrolysis) is 1. The summed E-state index contributed by atoms with van der Waals surface area (Å²) in [6, 6.07) is 8.69. The molecule has 6 heteroatoms. The second kappa shape index (κ2) is 10.9. The Morgan fingerprint density at radius 3 is 2.40 bits per heavy atom. The maximum atomic E-state index is 14.4. The predicted octanol–water partition coefficient (Wildman–Crippen LogP) is 8.48. The molecule has 1 amide bonds. The lowest BCUT2D eigenvalue weighted by Crippen LogP contribution is -2.52. The van der Waals surface area contributed by atoms with E-state index in [0.29, 0.717) is 23.7 Å². The van der Waals surface area contributed by atoms with Crippen LogP contribution in [0.5, 0.6) is 0 Å². The summed E-state index contributed by atoms with van der Waals surface area (Å²) in [5, 5.41) is 2.85. The number of benzene rings is 1. The van der Waals surface area contributed by atoms with Crippen LogP contribution < -0.4 is 5.32 Å². The Hall–Kier alpha value is -1.92. The Balaban J connectivity index is 1.27. The molecule has 1 heterocycles. The van der Waals surface area contributed by atoms with E-state index in [0.717, 1.165) is 57.3 Å². The molecule has 1 aliphatic heterocycles. The van der Waals surface area contributed by atoms with Gasteiger partial charge in [0.05, 0.1) is 19.9 Å². The number of ether oxygens (including phenoxy) is 3. The smallest absolute Gasteiger partial charge is 0.407 e. The average Bonchev–Trinajstić information content (AvgIpc) is 3.28. The molecule has 232 valence electrons. The monoisotopic (exact) mass is 581 g/mol. The molecular weight excluding hydrogens is 529 g/mol. The Kier molecular flexibility index (Phi) is 7.82. The van der Waals surface area contributed by atoms with Crippen molar-refractivity contribution in [3.63, 3.8) is 0 Å². The van der Waals surface area contributed by atoms with Crippen LogP contribution in [0.3, 0.4) is 0 Å². The second-order valence-corrected chi connectivity index (χ2v) is 16.2. The summed E-state index contributed by atoms with van der Waals surface area (Å²) >= 11 is 0. The summed E-state index contributed by atoms with van der Waals surface area (Å²) in [6.45, 7) is 14.2. The maximum absolute atomic E-state index is 14.4. The third-order valence-electron chi connectivity index (χ3n) is 11.4. The van der Waals surface area contributed by atoms with Gasteiger partial charge in [-0.3, -0.25) is 4.39 Å². The third kappa shape index (κ3) is 5.67. The van der Waals surface area contributed by atoms with E-state index in [-0.39, 0.29) is 35.6 Å². The summed E-state index contributed by atoms with van der Waals surface area (Å²) in [6.07, 6.45) is 8.10. The van der Waals surface area contributed by atoms with Crippen LogP contribution in [-0.2, 0) is 20.8 Å². The van der Waals surface area contributed by atoms with Crippen LogP contribution >= 0.6 is 0 Å². The van der Waals surface area contributed by atoms with Gasteiger partial charge in [0.2, 0.25) is 0 Å². The third-order valence-corrected chi connectivity index (χ3v) is 11.4. The van der Waals surface area contributed by atoms with Crippen molar-refractivity contribution in [2.45, 2.75) is 117 Å². The van der Waals surface area contributed by atoms with Gasteiger partial charge >= 0.3 is 6.09 Å². The van der Waals surface area contributed by atoms with Gasteiger partial charge in [0.15, 0.2) is 5.79 Å². The van der Waals surface area contributed by atoms with Crippen molar-refractivity contribution in [1.29, 1.82) is 0 Å². The van der Waals surface area contributed by atoms with Gasteiger partial charge in [0, 0.05) is 29.7 Å². The Morgan fingerprint density at radius 1 is 1.02 bits per heavy atom. The molecule has 5 nitrogen and oxygen atoms in total. The zero-order chi connectivity index (χ0) is 29.9. The highest BCUT2D eigenvalue weighted by Gasteiger charge is 2.58. The van der Waals surface area contributed by atoms with Crippen LogP contribution in [0.15, 0.2) is 35.4 Å². The minimum Gasteiger partial charge on any atom is -0.445 e. The van der Waals surface area contributed by atoms with Crippen molar-refractivity contribution in [1.82, 2.24) is 5.32 Å². The molecule has 42 heavy (non-hydrogen) atoms. The number of amides is 1. The number of hydrogen-bond acceptors (Lipinski definition) is 4. The van der Waals surface area contributed by atoms with Gasteiger partial charge in [-0.15, -0.1) is 0 Å². The summed E-state index contributed by atoms with van der Waals surface area (Å²) in [5.41, 5.74) is 5.41. The quantitative estimate of drug-likeness (QED) is 0.362. The number of fused-ring (bicyclic) bond motifs is 4. The molecule has 0 aromatic heterocycles. The standard InChI is InChI=1S/C36H52FNO4/c1-33(2,3)38-32(39)40-20-23-7-9-24(10-8-23)29-18-35(6)26(19-37)12-14-30(35)28-13-11-25-17-36(16-15-27(25)31(28)29)41-21-34(4,5)22-42-36/h7-10,25-26,28-30H,11-22H2,1-6H3,(H,38,39). The SMILES string of the molecule is CC1(C)COC2(CCC3=C4C(c5ccc(COC(=O)NC(C)(C)C)cc5)CC5(C)C(CF)CCC5C4CCC3C2)OC1. The zero-order valence-corrected chi connectivity index (χ0v) is 26.7. The molecule has 1 aromatic carbocycles. The molecule has 1 spiro atoms. The highest BCUT2D eigenvalue weighted by molar-refractivity contribution is 5.68. The average molecular weight is 582 g/mol. The minimum atomic E-state index is -0.427. The number of alkyl halides is 1. The highest BCUT2D eigenvalue weighted by Crippen LogP contribution is 2.66. The summed E-state index contributed by atoms with van der Waals surface area (Å²) in [5.74, 6) is 1.66. The first-order valence-corrected chi connectivity index (χ1v) is 16.4. The molecule has 1 N–H and O–H groups in total. The molecular formula is C36H52FNO4. The fraction of sp³-hybridized carbons (Fsp3) is 0.750. The van der Waals surface area contributed by atoms with Crippen molar-refractivity contribution < 1.29 is 23.4 Å². The zero-order valence-electron chi connectivity index (χ0n) is 26.7. The van der Waals surface area contributed by atoms with Gasteiger partial charge in [-0.25, -0.2) is 4.79 Å². The summed E-state index contributed by atoms with van der Waals surface area (Å²) < 4.78 is 32.9. The molecule has 4 aliphatic carbocycles. The first-order valence-electron chi connectivity index (χ1n) is 16.4. The Morgan fingerprint density at radius 2 is 1.74 bits per heavy atom. The van der Waals surface area contributed by atoms with Gasteiger partial charge in [-0.05, 0) is 99.5 Å². The fourth-order valence-corrected chi connectivity index (χ4v) is 9.22. The second-order valence-electron chi connectivity index (χ2n) is 16.2. The number of nitrogens with one attached hydrogen (secondary N) is 1. The van der Waals surface area contributed by atoms with Crippen LogP contribution in [-0.4, -0.2) is 37.3 Å². The van der Waals surface area contributed by atoms with Gasteiger partial charge in [-0.2, -0.15) is 0 Å². The maximum Gasteiger partial charge on any atom is 0.407 e. The lowest BCUT2D eigenvalue weighted by molar-refractivity contribution is -0.312. The van der Waals surface area contributed by atoms with Gasteiger partial charge in [-0.1, -0.05) is 56.2 Å². The topological polar surface area (TPSA) is 56.8 Å². The van der Waals surface area contributed by atoms with E-state index in [2.05, 4.69) is 50.4 Å². The van der Waals surface area contributed by atoms with Gasteiger partial charge < -0.3 is 19.5 Å². The Bertz CT molecular complexity index is 1190. The Labute approximate surface area is 252 Å². The van der Waals surface area contributed by atoms with Crippen LogP contribution in [0.2, 0.25) is 0 Å². The normalized spacial score (nSPS) is 35.3. The lowest BCUT2D eigenvalue weighted by Gasteiger charge is -2.55. The molecule has 4 fully saturated rings. The lowest BCUT2D eigenvalue weighted by atomic mass is 9.51. The summed E-state index contributed by atoms with van der Waals surface area (Å²) in [7, 11) is 0. The molecule has 0 radical (unpaired) electrons. The molecule has 1 saturated heterocycles. The van der Waals surface area contributed by atoms with Crippen molar-refractivity contribution in [2.24, 2.45) is 34.5 Å². The van der Waals surface area contributed by atoms with E-state index < -0.39 is 11.9 Å². The molecule has 3 saturated carbocycles. The number of hydrogen-bond donors (Lipinski definition) is 1. The van der Waals surface area contributed by atoms with Crippen LogP contribution in [0.4, 0.5) is 9.18 Å². The summed E-state index contributed by atoms with van der Waals surface area (Å²) in [4.78, 5) is 12.2. The van der Waals surface area contributed by atoms with Crippen molar-refractivity contribution >= 4 is 6.09 Å². The van der Waals surface area contributed by atoms with E-state index in [1.165, 1.54) is 18.4 Å².